The molecule has 26 heavy (non-hydrogen) atoms. The fourth-order valence-electron chi connectivity index (χ4n) is 3.00. The molecule has 0 radical (unpaired) electrons. The first-order chi connectivity index (χ1) is 12.4. The van der Waals surface area contributed by atoms with E-state index in [9.17, 15) is 13.2 Å². The van der Waals surface area contributed by atoms with E-state index in [4.69, 9.17) is 0 Å². The number of alkyl halides is 3. The Morgan fingerprint density at radius 2 is 1.69 bits per heavy atom. The van der Waals surface area contributed by atoms with Crippen LogP contribution in [0.5, 0.6) is 0 Å². The van der Waals surface area contributed by atoms with Gasteiger partial charge < -0.3 is 5.32 Å². The summed E-state index contributed by atoms with van der Waals surface area (Å²) in [7, 11) is 0. The van der Waals surface area contributed by atoms with Gasteiger partial charge in [0.25, 0.3) is 0 Å². The number of nitrogens with one attached hydrogen (secondary N) is 1. The van der Waals surface area contributed by atoms with Gasteiger partial charge in [-0.2, -0.15) is 13.2 Å². The van der Waals surface area contributed by atoms with Gasteiger partial charge in [-0.3, -0.25) is 0 Å². The lowest BCUT2D eigenvalue weighted by Gasteiger charge is -2.15. The van der Waals surface area contributed by atoms with E-state index in [-0.39, 0.29) is 6.04 Å². The van der Waals surface area contributed by atoms with Crippen molar-refractivity contribution >= 4 is 16.8 Å². The van der Waals surface area contributed by atoms with Crippen molar-refractivity contribution < 1.29 is 13.2 Å². The zero-order valence-corrected chi connectivity index (χ0v) is 14.4. The summed E-state index contributed by atoms with van der Waals surface area (Å²) in [5, 5.41) is 5.80. The van der Waals surface area contributed by atoms with Gasteiger partial charge in [-0.15, -0.1) is 0 Å². The molecule has 3 rings (SSSR count). The zero-order chi connectivity index (χ0) is 18.6. The van der Waals surface area contributed by atoms with Gasteiger partial charge in [-0.1, -0.05) is 66.7 Å². The minimum Gasteiger partial charge on any atom is -0.307 e. The average Bonchev–Trinajstić information content (AvgIpc) is 2.64. The van der Waals surface area contributed by atoms with Gasteiger partial charge in [-0.05, 0) is 41.0 Å². The number of hydrogen-bond acceptors (Lipinski definition) is 1. The van der Waals surface area contributed by atoms with Crippen LogP contribution in [0.3, 0.4) is 0 Å². The van der Waals surface area contributed by atoms with E-state index in [2.05, 4.69) is 36.5 Å². The van der Waals surface area contributed by atoms with Crippen LogP contribution in [0.25, 0.3) is 16.8 Å². The van der Waals surface area contributed by atoms with Crippen molar-refractivity contribution in [1.29, 1.82) is 0 Å². The molecule has 134 valence electrons. The van der Waals surface area contributed by atoms with Crippen LogP contribution in [0, 0.1) is 0 Å². The molecule has 1 nitrogen and oxygen atoms in total. The van der Waals surface area contributed by atoms with Crippen molar-refractivity contribution in [2.75, 3.05) is 6.54 Å². The first-order valence-corrected chi connectivity index (χ1v) is 8.50. The van der Waals surface area contributed by atoms with Crippen LogP contribution in [0.1, 0.15) is 29.7 Å². The molecule has 1 atom stereocenters. The fraction of sp³-hybridized carbons (Fsp3) is 0.182. The summed E-state index contributed by atoms with van der Waals surface area (Å²) in [6.07, 6.45) is -0.764. The summed E-state index contributed by atoms with van der Waals surface area (Å²) in [4.78, 5) is 0. The molecule has 0 spiro atoms. The molecule has 4 heteroatoms. The van der Waals surface area contributed by atoms with E-state index >= 15 is 0 Å². The number of halogens is 3. The fourth-order valence-corrected chi connectivity index (χ4v) is 3.00. The monoisotopic (exact) mass is 355 g/mol. The van der Waals surface area contributed by atoms with Gasteiger partial charge in [0.05, 0.1) is 5.56 Å². The van der Waals surface area contributed by atoms with E-state index in [0.717, 1.165) is 12.1 Å². The number of hydrogen-bond donors (Lipinski definition) is 1. The predicted molar refractivity (Wildman–Crippen MR) is 101 cm³/mol. The highest BCUT2D eigenvalue weighted by molar-refractivity contribution is 5.86. The number of rotatable bonds is 5. The summed E-state index contributed by atoms with van der Waals surface area (Å²) in [6.45, 7) is 2.65. The molecule has 3 aromatic carbocycles. The SMILES string of the molecule is C[C@@H](NCC=Cc1cccc(C(F)(F)F)c1)c1cccc2ccccc12. The number of benzene rings is 3. The van der Waals surface area contributed by atoms with Crippen molar-refractivity contribution in [3.63, 3.8) is 0 Å². The Hall–Kier alpha value is -2.59. The Morgan fingerprint density at radius 3 is 2.50 bits per heavy atom. The molecular formula is C22H20F3N. The number of fused-ring (bicyclic) bond motifs is 1. The molecule has 0 unspecified atom stereocenters. The van der Waals surface area contributed by atoms with Crippen molar-refractivity contribution in [2.24, 2.45) is 0 Å². The standard InChI is InChI=1S/C22H20F3N/c1-16(20-13-5-10-18-9-2-3-12-21(18)20)26-14-6-8-17-7-4-11-19(15-17)22(23,24)25/h2-13,15-16,26H,14H2,1H3/t16-/m1/s1. The molecule has 0 aliphatic heterocycles. The highest BCUT2D eigenvalue weighted by atomic mass is 19.4. The Morgan fingerprint density at radius 1 is 0.962 bits per heavy atom. The van der Waals surface area contributed by atoms with Gasteiger partial charge in [-0.25, -0.2) is 0 Å². The van der Waals surface area contributed by atoms with Crippen LogP contribution >= 0.6 is 0 Å². The Labute approximate surface area is 151 Å². The van der Waals surface area contributed by atoms with Crippen LogP contribution in [0.15, 0.2) is 72.8 Å². The summed E-state index contributed by atoms with van der Waals surface area (Å²) in [5.41, 5.74) is 1.12. The van der Waals surface area contributed by atoms with Gasteiger partial charge in [0.1, 0.15) is 0 Å². The maximum Gasteiger partial charge on any atom is 0.416 e. The Bertz CT molecular complexity index is 907. The van der Waals surface area contributed by atoms with Crippen LogP contribution in [0.2, 0.25) is 0 Å². The van der Waals surface area contributed by atoms with Crippen LogP contribution in [-0.2, 0) is 6.18 Å². The van der Waals surface area contributed by atoms with E-state index in [0.29, 0.717) is 12.1 Å². The normalized spacial score (nSPS) is 13.4. The third-order valence-corrected chi connectivity index (χ3v) is 4.36. The third-order valence-electron chi connectivity index (χ3n) is 4.36. The third kappa shape index (κ3) is 4.33. The maximum absolute atomic E-state index is 12.7. The van der Waals surface area contributed by atoms with E-state index in [1.54, 1.807) is 12.1 Å². The van der Waals surface area contributed by atoms with E-state index in [1.807, 2.05) is 24.3 Å². The molecule has 3 aromatic rings. The molecule has 0 aliphatic carbocycles. The molecule has 0 aliphatic rings. The Balaban J connectivity index is 1.65. The molecule has 0 heterocycles. The lowest BCUT2D eigenvalue weighted by Crippen LogP contribution is -2.18. The summed E-state index contributed by atoms with van der Waals surface area (Å²) in [6, 6.07) is 19.9. The van der Waals surface area contributed by atoms with Crippen molar-refractivity contribution in [3.05, 3.63) is 89.5 Å². The van der Waals surface area contributed by atoms with Crippen molar-refractivity contribution in [1.82, 2.24) is 5.32 Å². The molecule has 0 amide bonds. The molecule has 1 N–H and O–H groups in total. The lowest BCUT2D eigenvalue weighted by atomic mass is 10.00. The summed E-state index contributed by atoms with van der Waals surface area (Å²) >= 11 is 0. The molecule has 0 aromatic heterocycles. The van der Waals surface area contributed by atoms with E-state index < -0.39 is 11.7 Å². The zero-order valence-electron chi connectivity index (χ0n) is 14.4. The van der Waals surface area contributed by atoms with Gasteiger partial charge in [0, 0.05) is 12.6 Å². The van der Waals surface area contributed by atoms with Crippen LogP contribution in [0.4, 0.5) is 13.2 Å². The van der Waals surface area contributed by atoms with E-state index in [1.165, 1.54) is 22.4 Å². The van der Waals surface area contributed by atoms with Crippen molar-refractivity contribution in [2.45, 2.75) is 19.1 Å². The quantitative estimate of drug-likeness (QED) is 0.573. The van der Waals surface area contributed by atoms with Gasteiger partial charge in [0.2, 0.25) is 0 Å². The second kappa shape index (κ2) is 7.75. The smallest absolute Gasteiger partial charge is 0.307 e. The molecule has 0 saturated heterocycles. The first-order valence-electron chi connectivity index (χ1n) is 8.50. The topological polar surface area (TPSA) is 12.0 Å². The second-order valence-corrected chi connectivity index (χ2v) is 6.22. The predicted octanol–water partition coefficient (Wildman–Crippen LogP) is 6.22. The summed E-state index contributed by atoms with van der Waals surface area (Å²) in [5.74, 6) is 0. The minimum absolute atomic E-state index is 0.132. The van der Waals surface area contributed by atoms with Crippen molar-refractivity contribution in [3.8, 4) is 0 Å². The second-order valence-electron chi connectivity index (χ2n) is 6.22. The van der Waals surface area contributed by atoms with Gasteiger partial charge >= 0.3 is 6.18 Å². The maximum atomic E-state index is 12.7. The molecule has 0 saturated carbocycles. The first kappa shape index (κ1) is 18.2. The van der Waals surface area contributed by atoms with Crippen LogP contribution < -0.4 is 5.32 Å². The van der Waals surface area contributed by atoms with Gasteiger partial charge in [0.15, 0.2) is 0 Å². The molecular weight excluding hydrogens is 335 g/mol. The van der Waals surface area contributed by atoms with Crippen LogP contribution in [-0.4, -0.2) is 6.54 Å². The average molecular weight is 355 g/mol. The molecule has 0 fully saturated rings. The highest BCUT2D eigenvalue weighted by Gasteiger charge is 2.30. The highest BCUT2D eigenvalue weighted by Crippen LogP contribution is 2.29. The summed E-state index contributed by atoms with van der Waals surface area (Å²) < 4.78 is 38.2. The molecule has 0 bridgehead atoms. The Kier molecular flexibility index (Phi) is 5.43. The lowest BCUT2D eigenvalue weighted by molar-refractivity contribution is -0.137. The largest absolute Gasteiger partial charge is 0.416 e. The minimum atomic E-state index is -4.31.